The van der Waals surface area contributed by atoms with Crippen LogP contribution < -0.4 is 10.2 Å². The lowest BCUT2D eigenvalue weighted by Gasteiger charge is -2.28. The number of carbonyl (C=O) groups is 3. The van der Waals surface area contributed by atoms with Crippen LogP contribution in [0.5, 0.6) is 0 Å². The predicted molar refractivity (Wildman–Crippen MR) is 184 cm³/mol. The number of hydrogen-bond acceptors (Lipinski definition) is 3. The minimum atomic E-state index is -4.58. The number of halogens is 3. The minimum Gasteiger partial charge on any atom is -0.480 e. The molecule has 0 saturated heterocycles. The number of hydrogen-bond donors (Lipinski definition) is 2. The second-order valence-corrected chi connectivity index (χ2v) is 12.1. The molecule has 5 rings (SSSR count). The average molecular weight is 665 g/mol. The van der Waals surface area contributed by atoms with Crippen LogP contribution in [0.3, 0.4) is 0 Å². The van der Waals surface area contributed by atoms with Gasteiger partial charge in [0.2, 0.25) is 0 Å². The maximum atomic E-state index is 14.1. The molecule has 2 amide bonds. The topological polar surface area (TPSA) is 86.7 Å². The Balaban J connectivity index is 1.53. The molecule has 9 heteroatoms. The van der Waals surface area contributed by atoms with Crippen molar-refractivity contribution < 1.29 is 32.7 Å². The number of carboxylic acids is 1. The summed E-state index contributed by atoms with van der Waals surface area (Å²) in [6.45, 7) is 4.03. The molecule has 0 spiro atoms. The zero-order valence-corrected chi connectivity index (χ0v) is 26.9. The summed E-state index contributed by atoms with van der Waals surface area (Å²) >= 11 is 0. The van der Waals surface area contributed by atoms with Crippen molar-refractivity contribution in [3.8, 4) is 22.3 Å². The molecular weight excluding hydrogens is 629 g/mol. The van der Waals surface area contributed by atoms with Crippen molar-refractivity contribution in [2.24, 2.45) is 5.92 Å². The lowest BCUT2D eigenvalue weighted by Crippen LogP contribution is -2.43. The van der Waals surface area contributed by atoms with Crippen LogP contribution >= 0.6 is 0 Å². The molecule has 250 valence electrons. The molecule has 0 heterocycles. The van der Waals surface area contributed by atoms with Crippen molar-refractivity contribution >= 4 is 23.5 Å². The van der Waals surface area contributed by atoms with E-state index in [4.69, 9.17) is 0 Å². The van der Waals surface area contributed by atoms with Gasteiger partial charge in [-0.05, 0) is 70.1 Å². The first-order valence-electron chi connectivity index (χ1n) is 15.8. The highest BCUT2D eigenvalue weighted by molar-refractivity contribution is 6.11. The monoisotopic (exact) mass is 664 g/mol. The lowest BCUT2D eigenvalue weighted by atomic mass is 9.97. The third-order valence-electron chi connectivity index (χ3n) is 7.97. The fraction of sp³-hybridized carbons (Fsp3) is 0.175. The van der Waals surface area contributed by atoms with Crippen molar-refractivity contribution in [1.29, 1.82) is 0 Å². The SMILES string of the molecule is CC(C)CN(C(=O)c1ccccc1)c1ccc(-c2cccc(C(F)(F)F)c2)cc1C(=O)NC(Cc1ccc(-c2ccccc2)cc1)C(=O)O. The highest BCUT2D eigenvalue weighted by Gasteiger charge is 2.31. The van der Waals surface area contributed by atoms with E-state index < -0.39 is 29.7 Å². The summed E-state index contributed by atoms with van der Waals surface area (Å²) in [6, 6.07) is 33.4. The van der Waals surface area contributed by atoms with E-state index in [-0.39, 0.29) is 41.6 Å². The average Bonchev–Trinajstić information content (AvgIpc) is 3.10. The Morgan fingerprint density at radius 2 is 1.29 bits per heavy atom. The van der Waals surface area contributed by atoms with E-state index in [1.165, 1.54) is 29.2 Å². The van der Waals surface area contributed by atoms with Crippen LogP contribution in [0.4, 0.5) is 18.9 Å². The van der Waals surface area contributed by atoms with E-state index in [0.29, 0.717) is 16.7 Å². The van der Waals surface area contributed by atoms with Gasteiger partial charge in [-0.15, -0.1) is 0 Å². The lowest BCUT2D eigenvalue weighted by molar-refractivity contribution is -0.139. The molecule has 2 N–H and O–H groups in total. The molecule has 49 heavy (non-hydrogen) atoms. The molecule has 0 aliphatic carbocycles. The zero-order chi connectivity index (χ0) is 35.1. The van der Waals surface area contributed by atoms with Gasteiger partial charge in [0, 0.05) is 18.5 Å². The number of carboxylic acid groups (broad SMARTS) is 1. The fourth-order valence-electron chi connectivity index (χ4n) is 5.54. The largest absolute Gasteiger partial charge is 0.480 e. The summed E-state index contributed by atoms with van der Waals surface area (Å²) in [4.78, 5) is 41.8. The first-order chi connectivity index (χ1) is 23.4. The van der Waals surface area contributed by atoms with Gasteiger partial charge >= 0.3 is 12.1 Å². The number of nitrogens with one attached hydrogen (secondary N) is 1. The Labute approximate surface area is 282 Å². The van der Waals surface area contributed by atoms with E-state index in [0.717, 1.165) is 23.3 Å². The van der Waals surface area contributed by atoms with Gasteiger partial charge in [0.15, 0.2) is 0 Å². The summed E-state index contributed by atoms with van der Waals surface area (Å²) in [5.74, 6) is -2.47. The van der Waals surface area contributed by atoms with E-state index in [1.807, 2.05) is 56.3 Å². The van der Waals surface area contributed by atoms with Crippen LogP contribution in [0.25, 0.3) is 22.3 Å². The minimum absolute atomic E-state index is 0.0302. The molecule has 0 bridgehead atoms. The summed E-state index contributed by atoms with van der Waals surface area (Å²) in [6.07, 6.45) is -4.61. The Morgan fingerprint density at radius 1 is 0.714 bits per heavy atom. The summed E-state index contributed by atoms with van der Waals surface area (Å²) in [5.41, 5.74) is 2.78. The molecule has 0 aliphatic heterocycles. The van der Waals surface area contributed by atoms with Crippen molar-refractivity contribution in [1.82, 2.24) is 5.32 Å². The molecule has 5 aromatic carbocycles. The predicted octanol–water partition coefficient (Wildman–Crippen LogP) is 8.77. The molecule has 5 aromatic rings. The summed E-state index contributed by atoms with van der Waals surface area (Å²) in [7, 11) is 0. The van der Waals surface area contributed by atoms with Gasteiger partial charge in [-0.3, -0.25) is 9.59 Å². The number of nitrogens with zero attached hydrogens (tertiary/aromatic N) is 1. The highest BCUT2D eigenvalue weighted by atomic mass is 19.4. The Kier molecular flexibility index (Phi) is 10.6. The van der Waals surface area contributed by atoms with Gasteiger partial charge in [0.1, 0.15) is 6.04 Å². The van der Waals surface area contributed by atoms with Crippen molar-refractivity contribution in [3.63, 3.8) is 0 Å². The highest BCUT2D eigenvalue weighted by Crippen LogP contribution is 2.34. The van der Waals surface area contributed by atoms with Crippen molar-refractivity contribution in [2.45, 2.75) is 32.5 Å². The van der Waals surface area contributed by atoms with Gasteiger partial charge in [-0.1, -0.05) is 105 Å². The Bertz CT molecular complexity index is 1930. The zero-order valence-electron chi connectivity index (χ0n) is 26.9. The van der Waals surface area contributed by atoms with Crippen LogP contribution in [0, 0.1) is 5.92 Å². The maximum absolute atomic E-state index is 14.1. The molecular formula is C40H35F3N2O4. The van der Waals surface area contributed by atoms with Crippen LogP contribution in [0.1, 0.15) is 45.7 Å². The van der Waals surface area contributed by atoms with Crippen molar-refractivity contribution in [3.05, 3.63) is 150 Å². The van der Waals surface area contributed by atoms with Gasteiger partial charge in [0.25, 0.3) is 11.8 Å². The molecule has 1 atom stereocenters. The number of anilines is 1. The van der Waals surface area contributed by atoms with Crippen molar-refractivity contribution in [2.75, 3.05) is 11.4 Å². The second-order valence-electron chi connectivity index (χ2n) is 12.1. The van der Waals surface area contributed by atoms with Crippen LogP contribution in [0.15, 0.2) is 127 Å². The molecule has 1 unspecified atom stereocenters. The number of rotatable bonds is 11. The van der Waals surface area contributed by atoms with E-state index in [2.05, 4.69) is 5.32 Å². The maximum Gasteiger partial charge on any atom is 0.416 e. The molecule has 0 aromatic heterocycles. The number of alkyl halides is 3. The Morgan fingerprint density at radius 3 is 1.90 bits per heavy atom. The third kappa shape index (κ3) is 8.61. The second kappa shape index (κ2) is 15.0. The number of benzene rings is 5. The van der Waals surface area contributed by atoms with E-state index >= 15 is 0 Å². The summed E-state index contributed by atoms with van der Waals surface area (Å²) in [5, 5.41) is 12.8. The van der Waals surface area contributed by atoms with Gasteiger partial charge in [0.05, 0.1) is 16.8 Å². The molecule has 6 nitrogen and oxygen atoms in total. The molecule has 0 fully saturated rings. The normalized spacial score (nSPS) is 12.0. The quantitative estimate of drug-likeness (QED) is 0.148. The fourth-order valence-corrected chi connectivity index (χ4v) is 5.54. The van der Waals surface area contributed by atoms with Gasteiger partial charge < -0.3 is 15.3 Å². The number of amides is 2. The van der Waals surface area contributed by atoms with E-state index in [9.17, 15) is 32.7 Å². The van der Waals surface area contributed by atoms with E-state index in [1.54, 1.807) is 48.5 Å². The smallest absolute Gasteiger partial charge is 0.416 e. The first kappa shape index (κ1) is 34.6. The Hall–Kier alpha value is -5.70. The van der Waals surface area contributed by atoms with Crippen LogP contribution in [-0.2, 0) is 17.4 Å². The first-order valence-corrected chi connectivity index (χ1v) is 15.8. The van der Waals surface area contributed by atoms with Crippen LogP contribution in [-0.4, -0.2) is 35.5 Å². The number of carbonyl (C=O) groups excluding carboxylic acids is 2. The standard InChI is InChI=1S/C40H35F3N2O4/c1-26(2)25-45(38(47)30-12-7-4-8-13-30)36-21-20-32(31-14-9-15-33(23-31)40(41,42)43)24-34(36)37(46)44-35(39(48)49)22-27-16-18-29(19-17-27)28-10-5-3-6-11-28/h3-21,23-24,26,35H,22,25H2,1-2H3,(H,44,46)(H,48,49). The van der Waals surface area contributed by atoms with Gasteiger partial charge in [-0.25, -0.2) is 4.79 Å². The molecule has 0 saturated carbocycles. The third-order valence-corrected chi connectivity index (χ3v) is 7.97. The number of aliphatic carboxylic acids is 1. The van der Waals surface area contributed by atoms with Crippen LogP contribution in [0.2, 0.25) is 0 Å². The summed E-state index contributed by atoms with van der Waals surface area (Å²) < 4.78 is 40.7. The molecule has 0 radical (unpaired) electrons. The molecule has 0 aliphatic rings. The van der Waals surface area contributed by atoms with Gasteiger partial charge in [-0.2, -0.15) is 13.2 Å².